The van der Waals surface area contributed by atoms with Gasteiger partial charge in [0.1, 0.15) is 17.9 Å². The van der Waals surface area contributed by atoms with E-state index in [0.29, 0.717) is 11.3 Å². The molecule has 0 amide bonds. The lowest BCUT2D eigenvalue weighted by atomic mass is 10.1. The van der Waals surface area contributed by atoms with Crippen molar-refractivity contribution in [1.29, 1.82) is 0 Å². The van der Waals surface area contributed by atoms with E-state index in [9.17, 15) is 5.11 Å². The summed E-state index contributed by atoms with van der Waals surface area (Å²) in [6.07, 6.45) is 4.44. The van der Waals surface area contributed by atoms with Crippen molar-refractivity contribution in [2.45, 2.75) is 24.7 Å². The van der Waals surface area contributed by atoms with Gasteiger partial charge in [-0.3, -0.25) is 0 Å². The van der Waals surface area contributed by atoms with E-state index < -0.39 is 0 Å². The predicted octanol–water partition coefficient (Wildman–Crippen LogP) is -0.271. The topological polar surface area (TPSA) is 102 Å². The van der Waals surface area contributed by atoms with Gasteiger partial charge in [0.25, 0.3) is 0 Å². The molecule has 1 saturated carbocycles. The molecule has 1 aliphatic carbocycles. The SMILES string of the molecule is Nc1ncnc2c1ncn2[C@@H]1C[C@H](CO)[C@H]2O[C@H]21. The Bertz CT molecular complexity index is 612. The van der Waals surface area contributed by atoms with Gasteiger partial charge in [-0.25, -0.2) is 15.0 Å². The number of hydrogen-bond donors (Lipinski definition) is 2. The molecule has 7 nitrogen and oxygen atoms in total. The highest BCUT2D eigenvalue weighted by molar-refractivity contribution is 5.81. The molecule has 2 aromatic rings. The smallest absolute Gasteiger partial charge is 0.165 e. The molecule has 0 spiro atoms. The largest absolute Gasteiger partial charge is 0.396 e. The number of nitrogens with zero attached hydrogens (tertiary/aromatic N) is 4. The van der Waals surface area contributed by atoms with E-state index in [2.05, 4.69) is 15.0 Å². The second-order valence-corrected chi connectivity index (χ2v) is 4.89. The van der Waals surface area contributed by atoms with Gasteiger partial charge in [-0.15, -0.1) is 0 Å². The number of imidazole rings is 1. The van der Waals surface area contributed by atoms with Crippen LogP contribution in [0.5, 0.6) is 0 Å². The number of nitrogen functional groups attached to an aromatic ring is 1. The fraction of sp³-hybridized carbons (Fsp3) is 0.545. The molecule has 4 atom stereocenters. The number of nitrogens with two attached hydrogens (primary N) is 1. The molecule has 0 radical (unpaired) electrons. The highest BCUT2D eigenvalue weighted by Gasteiger charge is 2.57. The van der Waals surface area contributed by atoms with E-state index in [1.807, 2.05) is 4.57 Å². The number of anilines is 1. The molecule has 0 bridgehead atoms. The second-order valence-electron chi connectivity index (χ2n) is 4.89. The molecule has 7 heteroatoms. The van der Waals surface area contributed by atoms with Crippen LogP contribution in [0.2, 0.25) is 0 Å². The number of fused-ring (bicyclic) bond motifs is 2. The molecule has 1 saturated heterocycles. The average Bonchev–Trinajstić information content (AvgIpc) is 2.91. The average molecular weight is 247 g/mol. The lowest BCUT2D eigenvalue weighted by Crippen LogP contribution is -2.14. The van der Waals surface area contributed by atoms with Gasteiger partial charge in [0.2, 0.25) is 0 Å². The number of aromatic nitrogens is 4. The first-order valence-electron chi connectivity index (χ1n) is 5.99. The molecule has 2 aromatic heterocycles. The minimum atomic E-state index is 0.168. The van der Waals surface area contributed by atoms with Gasteiger partial charge in [0.15, 0.2) is 11.5 Å². The normalized spacial score (nSPS) is 33.8. The van der Waals surface area contributed by atoms with Crippen molar-refractivity contribution < 1.29 is 9.84 Å². The van der Waals surface area contributed by atoms with Crippen molar-refractivity contribution in [2.75, 3.05) is 12.3 Å². The fourth-order valence-corrected chi connectivity index (χ4v) is 2.97. The summed E-state index contributed by atoms with van der Waals surface area (Å²) in [5.41, 5.74) is 7.13. The van der Waals surface area contributed by atoms with Gasteiger partial charge in [0, 0.05) is 12.5 Å². The first-order valence-corrected chi connectivity index (χ1v) is 5.99. The van der Waals surface area contributed by atoms with Crippen molar-refractivity contribution >= 4 is 17.0 Å². The van der Waals surface area contributed by atoms with Crippen LogP contribution < -0.4 is 5.73 Å². The van der Waals surface area contributed by atoms with E-state index >= 15 is 0 Å². The summed E-state index contributed by atoms with van der Waals surface area (Å²) in [5, 5.41) is 9.29. The fourth-order valence-electron chi connectivity index (χ4n) is 2.97. The standard InChI is InChI=1S/C11H13N5O2/c12-10-7-11(14-3-13-10)16(4-15-7)6-1-5(2-17)8-9(6)18-8/h3-6,8-9,17H,1-2H2,(H2,12,13,14)/t5-,6-,8-,9+/m1/s1. The van der Waals surface area contributed by atoms with E-state index in [-0.39, 0.29) is 30.8 Å². The minimum Gasteiger partial charge on any atom is -0.396 e. The van der Waals surface area contributed by atoms with E-state index in [1.54, 1.807) is 6.33 Å². The Labute approximate surface area is 103 Å². The quantitative estimate of drug-likeness (QED) is 0.708. The maximum atomic E-state index is 9.29. The highest BCUT2D eigenvalue weighted by atomic mass is 16.6. The monoisotopic (exact) mass is 247 g/mol. The summed E-state index contributed by atoms with van der Waals surface area (Å²) in [5.74, 6) is 0.611. The number of aliphatic hydroxyl groups is 1. The van der Waals surface area contributed by atoms with Gasteiger partial charge in [-0.1, -0.05) is 0 Å². The Morgan fingerprint density at radius 1 is 1.39 bits per heavy atom. The van der Waals surface area contributed by atoms with Gasteiger partial charge in [0.05, 0.1) is 18.5 Å². The molecule has 0 aromatic carbocycles. The Morgan fingerprint density at radius 3 is 3.06 bits per heavy atom. The van der Waals surface area contributed by atoms with Crippen LogP contribution in [0.25, 0.3) is 11.2 Å². The third kappa shape index (κ3) is 1.23. The van der Waals surface area contributed by atoms with Crippen molar-refractivity contribution in [1.82, 2.24) is 19.5 Å². The van der Waals surface area contributed by atoms with E-state index in [0.717, 1.165) is 12.1 Å². The number of rotatable bonds is 2. The van der Waals surface area contributed by atoms with Crippen LogP contribution in [-0.4, -0.2) is 43.4 Å². The van der Waals surface area contributed by atoms with Crippen molar-refractivity contribution in [3.05, 3.63) is 12.7 Å². The first kappa shape index (κ1) is 10.2. The Morgan fingerprint density at radius 2 is 2.28 bits per heavy atom. The third-order valence-corrected chi connectivity index (χ3v) is 3.93. The number of aliphatic hydroxyl groups excluding tert-OH is 1. The van der Waals surface area contributed by atoms with Crippen LogP contribution in [0.15, 0.2) is 12.7 Å². The van der Waals surface area contributed by atoms with Gasteiger partial charge in [-0.2, -0.15) is 0 Å². The van der Waals surface area contributed by atoms with Crippen LogP contribution in [-0.2, 0) is 4.74 Å². The molecular formula is C11H13N5O2. The zero-order chi connectivity index (χ0) is 12.3. The molecule has 3 N–H and O–H groups in total. The summed E-state index contributed by atoms with van der Waals surface area (Å²) >= 11 is 0. The predicted molar refractivity (Wildman–Crippen MR) is 62.6 cm³/mol. The summed E-state index contributed by atoms with van der Waals surface area (Å²) in [6.45, 7) is 0.168. The molecule has 2 aliphatic rings. The second kappa shape index (κ2) is 3.39. The molecule has 1 aliphatic heterocycles. The number of ether oxygens (including phenoxy) is 1. The summed E-state index contributed by atoms with van der Waals surface area (Å²) < 4.78 is 7.58. The van der Waals surface area contributed by atoms with Crippen molar-refractivity contribution in [2.24, 2.45) is 5.92 Å². The van der Waals surface area contributed by atoms with Crippen LogP contribution in [0.1, 0.15) is 12.5 Å². The van der Waals surface area contributed by atoms with Gasteiger partial charge >= 0.3 is 0 Å². The van der Waals surface area contributed by atoms with Gasteiger partial charge in [-0.05, 0) is 6.42 Å². The Kier molecular flexibility index (Phi) is 1.93. The van der Waals surface area contributed by atoms with E-state index in [4.69, 9.17) is 10.5 Å². The molecule has 0 unspecified atom stereocenters. The summed E-state index contributed by atoms with van der Waals surface area (Å²) in [6, 6.07) is 0.187. The highest BCUT2D eigenvalue weighted by Crippen LogP contribution is 2.49. The number of hydrogen-bond acceptors (Lipinski definition) is 6. The third-order valence-electron chi connectivity index (χ3n) is 3.93. The van der Waals surface area contributed by atoms with E-state index in [1.165, 1.54) is 6.33 Å². The molecule has 94 valence electrons. The molecule has 18 heavy (non-hydrogen) atoms. The van der Waals surface area contributed by atoms with Crippen LogP contribution >= 0.6 is 0 Å². The molecule has 4 rings (SSSR count). The lowest BCUT2D eigenvalue weighted by molar-refractivity contribution is 0.154. The minimum absolute atomic E-state index is 0.168. The van der Waals surface area contributed by atoms with Crippen LogP contribution in [0, 0.1) is 5.92 Å². The number of epoxide rings is 1. The summed E-state index contributed by atoms with van der Waals surface area (Å²) in [4.78, 5) is 12.4. The van der Waals surface area contributed by atoms with Gasteiger partial charge < -0.3 is 20.1 Å². The zero-order valence-corrected chi connectivity index (χ0v) is 9.60. The van der Waals surface area contributed by atoms with Crippen molar-refractivity contribution in [3.8, 4) is 0 Å². The van der Waals surface area contributed by atoms with Crippen molar-refractivity contribution in [3.63, 3.8) is 0 Å². The maximum absolute atomic E-state index is 9.29. The summed E-state index contributed by atoms with van der Waals surface area (Å²) in [7, 11) is 0. The Hall–Kier alpha value is -1.73. The molecular weight excluding hydrogens is 234 g/mol. The molecule has 3 heterocycles. The zero-order valence-electron chi connectivity index (χ0n) is 9.60. The van der Waals surface area contributed by atoms with Crippen LogP contribution in [0.3, 0.4) is 0 Å². The maximum Gasteiger partial charge on any atom is 0.165 e. The first-order chi connectivity index (χ1) is 8.79. The lowest BCUT2D eigenvalue weighted by Gasteiger charge is -2.15. The molecule has 2 fully saturated rings. The van der Waals surface area contributed by atoms with Crippen LogP contribution in [0.4, 0.5) is 5.82 Å². The Balaban J connectivity index is 1.78.